The predicted molar refractivity (Wildman–Crippen MR) is 89.2 cm³/mol. The van der Waals surface area contributed by atoms with Gasteiger partial charge in [0.15, 0.2) is 0 Å². The second-order valence-corrected chi connectivity index (χ2v) is 7.61. The maximum absolute atomic E-state index is 13.8. The van der Waals surface area contributed by atoms with Crippen LogP contribution in [-0.4, -0.2) is 13.6 Å². The van der Waals surface area contributed by atoms with Crippen molar-refractivity contribution in [1.82, 2.24) is 9.38 Å². The molecule has 0 radical (unpaired) electrons. The lowest BCUT2D eigenvalue weighted by molar-refractivity contribution is 0.612. The number of pyridine rings is 1. The van der Waals surface area contributed by atoms with E-state index in [-0.39, 0.29) is 11.1 Å². The first-order valence-corrected chi connectivity index (χ1v) is 9.10. The molecule has 1 aromatic carbocycles. The molecule has 3 aromatic rings. The molecule has 2 aromatic heterocycles. The summed E-state index contributed by atoms with van der Waals surface area (Å²) in [6.07, 6.45) is 3.36. The number of aryl methyl sites for hydroxylation is 1. The third-order valence-electron chi connectivity index (χ3n) is 4.51. The Bertz CT molecular complexity index is 919. The first kappa shape index (κ1) is 14.6. The number of fused-ring (bicyclic) bond motifs is 2. The molecule has 118 valence electrons. The number of halogens is 1. The van der Waals surface area contributed by atoms with Crippen LogP contribution in [0, 0.1) is 12.7 Å². The van der Waals surface area contributed by atoms with Crippen LogP contribution in [0.25, 0.3) is 5.65 Å². The second kappa shape index (κ2) is 5.57. The molecule has 0 N–H and O–H groups in total. The SMILES string of the molecule is Cc1cccc2nc(C[S@@](=O)[C@@H]3CCc4c(F)cccc43)cn12. The zero-order valence-corrected chi connectivity index (χ0v) is 13.6. The summed E-state index contributed by atoms with van der Waals surface area (Å²) in [6, 6.07) is 11.0. The minimum atomic E-state index is -1.09. The fourth-order valence-electron chi connectivity index (χ4n) is 3.36. The van der Waals surface area contributed by atoms with Crippen molar-refractivity contribution >= 4 is 16.4 Å². The molecule has 4 rings (SSSR count). The maximum Gasteiger partial charge on any atom is 0.137 e. The van der Waals surface area contributed by atoms with E-state index in [0.29, 0.717) is 12.2 Å². The van der Waals surface area contributed by atoms with Crippen LogP contribution in [0.2, 0.25) is 0 Å². The lowest BCUT2D eigenvalue weighted by Crippen LogP contribution is -2.06. The first-order valence-electron chi connectivity index (χ1n) is 7.71. The Hall–Kier alpha value is -2.01. The van der Waals surface area contributed by atoms with E-state index in [1.807, 2.05) is 41.8 Å². The van der Waals surface area contributed by atoms with Crippen LogP contribution >= 0.6 is 0 Å². The number of rotatable bonds is 3. The van der Waals surface area contributed by atoms with E-state index in [4.69, 9.17) is 0 Å². The molecule has 0 saturated heterocycles. The normalized spacial score (nSPS) is 18.3. The van der Waals surface area contributed by atoms with Crippen LogP contribution < -0.4 is 0 Å². The summed E-state index contributed by atoms with van der Waals surface area (Å²) < 4.78 is 28.6. The molecular formula is C18H17FN2OS. The lowest BCUT2D eigenvalue weighted by atomic mass is 10.1. The van der Waals surface area contributed by atoms with E-state index in [1.165, 1.54) is 6.07 Å². The van der Waals surface area contributed by atoms with Crippen molar-refractivity contribution in [2.75, 3.05) is 0 Å². The zero-order valence-electron chi connectivity index (χ0n) is 12.8. The minimum Gasteiger partial charge on any atom is -0.304 e. The van der Waals surface area contributed by atoms with Crippen LogP contribution in [0.4, 0.5) is 4.39 Å². The third-order valence-corrected chi connectivity index (χ3v) is 6.22. The van der Waals surface area contributed by atoms with Crippen molar-refractivity contribution in [1.29, 1.82) is 0 Å². The molecule has 1 aliphatic rings. The van der Waals surface area contributed by atoms with Crippen molar-refractivity contribution in [2.45, 2.75) is 30.8 Å². The Balaban J connectivity index is 1.61. The highest BCUT2D eigenvalue weighted by Crippen LogP contribution is 2.37. The number of nitrogens with zero attached hydrogens (tertiary/aromatic N) is 2. The highest BCUT2D eigenvalue weighted by atomic mass is 32.2. The van der Waals surface area contributed by atoms with Gasteiger partial charge >= 0.3 is 0 Å². The standard InChI is InChI=1S/C18H17FN2OS/c1-12-4-2-7-18-20-13(10-21(12)18)11-23(22)17-9-8-14-15(17)5-3-6-16(14)19/h2-7,10,17H,8-9,11H2,1H3/t17-,23-/m1/s1. The Morgan fingerprint density at radius 1 is 1.30 bits per heavy atom. The van der Waals surface area contributed by atoms with Gasteiger partial charge in [0.25, 0.3) is 0 Å². The zero-order chi connectivity index (χ0) is 16.0. The van der Waals surface area contributed by atoms with Gasteiger partial charge in [-0.25, -0.2) is 9.37 Å². The van der Waals surface area contributed by atoms with Crippen molar-refractivity contribution in [3.8, 4) is 0 Å². The third kappa shape index (κ3) is 2.49. The molecule has 0 aliphatic heterocycles. The molecule has 0 fully saturated rings. The fraction of sp³-hybridized carbons (Fsp3) is 0.278. The van der Waals surface area contributed by atoms with Gasteiger partial charge in [-0.05, 0) is 49.1 Å². The number of hydrogen-bond donors (Lipinski definition) is 0. The maximum atomic E-state index is 13.8. The summed E-state index contributed by atoms with van der Waals surface area (Å²) in [5.74, 6) is 0.229. The van der Waals surface area contributed by atoms with Gasteiger partial charge < -0.3 is 4.40 Å². The molecule has 2 heterocycles. The Morgan fingerprint density at radius 2 is 2.13 bits per heavy atom. The summed E-state index contributed by atoms with van der Waals surface area (Å²) in [5, 5.41) is -0.0911. The van der Waals surface area contributed by atoms with Crippen molar-refractivity contribution in [3.63, 3.8) is 0 Å². The number of hydrogen-bond acceptors (Lipinski definition) is 2. The van der Waals surface area contributed by atoms with Gasteiger partial charge in [0.1, 0.15) is 11.5 Å². The fourth-order valence-corrected chi connectivity index (χ4v) is 4.88. The summed E-state index contributed by atoms with van der Waals surface area (Å²) in [6.45, 7) is 2.02. The van der Waals surface area contributed by atoms with Gasteiger partial charge in [-0.2, -0.15) is 0 Å². The molecule has 0 spiro atoms. The average Bonchev–Trinajstić information content (AvgIpc) is 3.12. The molecule has 1 aliphatic carbocycles. The van der Waals surface area contributed by atoms with Gasteiger partial charge in [0.2, 0.25) is 0 Å². The van der Waals surface area contributed by atoms with Gasteiger partial charge in [-0.3, -0.25) is 4.21 Å². The topological polar surface area (TPSA) is 34.4 Å². The van der Waals surface area contributed by atoms with Crippen molar-refractivity contribution in [2.24, 2.45) is 0 Å². The van der Waals surface area contributed by atoms with E-state index < -0.39 is 10.8 Å². The number of aromatic nitrogens is 2. The van der Waals surface area contributed by atoms with Crippen molar-refractivity contribution < 1.29 is 8.60 Å². The molecule has 0 saturated carbocycles. The van der Waals surface area contributed by atoms with Gasteiger partial charge in [-0.15, -0.1) is 0 Å². The van der Waals surface area contributed by atoms with Crippen LogP contribution in [0.15, 0.2) is 42.6 Å². The molecule has 5 heteroatoms. The predicted octanol–water partition coefficient (Wildman–Crippen LogP) is 3.72. The molecule has 23 heavy (non-hydrogen) atoms. The van der Waals surface area contributed by atoms with Crippen molar-refractivity contribution in [3.05, 3.63) is 70.9 Å². The summed E-state index contributed by atoms with van der Waals surface area (Å²) in [4.78, 5) is 4.55. The van der Waals surface area contributed by atoms with Crippen LogP contribution in [0.1, 0.15) is 34.2 Å². The summed E-state index contributed by atoms with van der Waals surface area (Å²) in [5.41, 5.74) is 4.43. The highest BCUT2D eigenvalue weighted by Gasteiger charge is 2.29. The number of benzene rings is 1. The average molecular weight is 328 g/mol. The largest absolute Gasteiger partial charge is 0.304 e. The van der Waals surface area contributed by atoms with Gasteiger partial charge in [0.05, 0.1) is 16.7 Å². The van der Waals surface area contributed by atoms with E-state index in [9.17, 15) is 8.60 Å². The van der Waals surface area contributed by atoms with Crippen LogP contribution in [-0.2, 0) is 23.0 Å². The first-order chi connectivity index (χ1) is 11.1. The minimum absolute atomic E-state index is 0.0911. The van der Waals surface area contributed by atoms with E-state index in [0.717, 1.165) is 34.6 Å². The van der Waals surface area contributed by atoms with E-state index in [1.54, 1.807) is 6.07 Å². The van der Waals surface area contributed by atoms with Crippen LogP contribution in [0.3, 0.4) is 0 Å². The lowest BCUT2D eigenvalue weighted by Gasteiger charge is -2.10. The molecule has 2 atom stereocenters. The second-order valence-electron chi connectivity index (χ2n) is 5.99. The monoisotopic (exact) mass is 328 g/mol. The molecule has 0 unspecified atom stereocenters. The number of imidazole rings is 1. The van der Waals surface area contributed by atoms with E-state index in [2.05, 4.69) is 4.98 Å². The quantitative estimate of drug-likeness (QED) is 0.734. The molecule has 3 nitrogen and oxygen atoms in total. The van der Waals surface area contributed by atoms with Crippen LogP contribution in [0.5, 0.6) is 0 Å². The summed E-state index contributed by atoms with van der Waals surface area (Å²) in [7, 11) is -1.09. The molecule has 0 amide bonds. The van der Waals surface area contributed by atoms with E-state index >= 15 is 0 Å². The Kier molecular flexibility index (Phi) is 3.53. The molecular weight excluding hydrogens is 311 g/mol. The Labute approximate surface area is 136 Å². The Morgan fingerprint density at radius 3 is 2.96 bits per heavy atom. The summed E-state index contributed by atoms with van der Waals surface area (Å²) >= 11 is 0. The molecule has 0 bridgehead atoms. The van der Waals surface area contributed by atoms with Gasteiger partial charge in [-0.1, -0.05) is 18.2 Å². The smallest absolute Gasteiger partial charge is 0.137 e. The van der Waals surface area contributed by atoms with Gasteiger partial charge in [0, 0.05) is 22.7 Å². The highest BCUT2D eigenvalue weighted by molar-refractivity contribution is 7.84.